The van der Waals surface area contributed by atoms with E-state index in [0.29, 0.717) is 32.0 Å². The molecule has 1 atom stereocenters. The molecule has 1 amide bonds. The fourth-order valence-corrected chi connectivity index (χ4v) is 3.91. The van der Waals surface area contributed by atoms with Crippen molar-refractivity contribution in [1.29, 1.82) is 0 Å². The molecule has 2 aliphatic heterocycles. The molecular formula is C24H21NO4. The van der Waals surface area contributed by atoms with E-state index in [9.17, 15) is 4.79 Å². The molecule has 1 N–H and O–H groups in total. The number of fused-ring (bicyclic) bond motifs is 2. The lowest BCUT2D eigenvalue weighted by molar-refractivity contribution is -0.116. The summed E-state index contributed by atoms with van der Waals surface area (Å²) in [7, 11) is 0. The Hall–Kier alpha value is -3.47. The van der Waals surface area contributed by atoms with Crippen molar-refractivity contribution in [3.05, 3.63) is 83.4 Å². The first kappa shape index (κ1) is 17.6. The van der Waals surface area contributed by atoms with Crippen LogP contribution in [0.5, 0.6) is 17.2 Å². The van der Waals surface area contributed by atoms with E-state index in [1.54, 1.807) is 0 Å². The van der Waals surface area contributed by atoms with Crippen LogP contribution in [-0.4, -0.2) is 19.1 Å². The lowest BCUT2D eigenvalue weighted by Gasteiger charge is -2.29. The molecule has 5 heteroatoms. The van der Waals surface area contributed by atoms with Crippen LogP contribution >= 0.6 is 0 Å². The molecule has 0 saturated carbocycles. The van der Waals surface area contributed by atoms with Crippen molar-refractivity contribution in [2.24, 2.45) is 0 Å². The van der Waals surface area contributed by atoms with Gasteiger partial charge >= 0.3 is 0 Å². The first-order valence-electron chi connectivity index (χ1n) is 9.77. The molecule has 146 valence electrons. The fourth-order valence-electron chi connectivity index (χ4n) is 3.91. The molecule has 0 aromatic heterocycles. The molecule has 2 heterocycles. The number of carbonyl (C=O) groups excluding carboxylic acids is 1. The number of anilines is 1. The van der Waals surface area contributed by atoms with Crippen LogP contribution in [0.4, 0.5) is 5.69 Å². The number of carbonyl (C=O) groups is 1. The van der Waals surface area contributed by atoms with E-state index >= 15 is 0 Å². The summed E-state index contributed by atoms with van der Waals surface area (Å²) in [6, 6.07) is 21.8. The third-order valence-corrected chi connectivity index (χ3v) is 5.28. The van der Waals surface area contributed by atoms with E-state index in [4.69, 9.17) is 14.2 Å². The molecule has 0 unspecified atom stereocenters. The molecule has 3 aromatic rings. The number of hydrogen-bond donors (Lipinski definition) is 1. The van der Waals surface area contributed by atoms with Crippen LogP contribution in [0.2, 0.25) is 0 Å². The van der Waals surface area contributed by atoms with Crippen LogP contribution in [0, 0.1) is 0 Å². The fraction of sp³-hybridized carbons (Fsp3) is 0.208. The van der Waals surface area contributed by atoms with Gasteiger partial charge in [-0.05, 0) is 23.3 Å². The molecule has 5 nitrogen and oxygen atoms in total. The molecular weight excluding hydrogens is 366 g/mol. The molecule has 3 aromatic carbocycles. The summed E-state index contributed by atoms with van der Waals surface area (Å²) in [6.45, 7) is 1.52. The average molecular weight is 387 g/mol. The Kier molecular flexibility index (Phi) is 4.56. The van der Waals surface area contributed by atoms with Gasteiger partial charge in [-0.15, -0.1) is 0 Å². The average Bonchev–Trinajstić information content (AvgIpc) is 2.77. The van der Waals surface area contributed by atoms with Gasteiger partial charge in [-0.2, -0.15) is 0 Å². The van der Waals surface area contributed by atoms with E-state index in [1.165, 1.54) is 0 Å². The third-order valence-electron chi connectivity index (χ3n) is 5.28. The van der Waals surface area contributed by atoms with Crippen LogP contribution in [0.3, 0.4) is 0 Å². The molecule has 0 saturated heterocycles. The third kappa shape index (κ3) is 3.51. The van der Waals surface area contributed by atoms with Crippen molar-refractivity contribution in [3.63, 3.8) is 0 Å². The number of benzene rings is 3. The maximum absolute atomic E-state index is 12.4. The first-order valence-corrected chi connectivity index (χ1v) is 9.77. The van der Waals surface area contributed by atoms with E-state index in [1.807, 2.05) is 66.7 Å². The van der Waals surface area contributed by atoms with E-state index in [-0.39, 0.29) is 11.8 Å². The van der Waals surface area contributed by atoms with Gasteiger partial charge in [0, 0.05) is 29.7 Å². The van der Waals surface area contributed by atoms with E-state index in [2.05, 4.69) is 5.32 Å². The SMILES string of the molecule is O=C1C[C@H](c2ccccc2OCc2ccccc2)c2cc3c(cc2N1)OCCO3. The van der Waals surface area contributed by atoms with Gasteiger partial charge in [0.05, 0.1) is 0 Å². The quantitative estimate of drug-likeness (QED) is 0.716. The van der Waals surface area contributed by atoms with Gasteiger partial charge in [0.1, 0.15) is 25.6 Å². The lowest BCUT2D eigenvalue weighted by Crippen LogP contribution is -2.25. The summed E-state index contributed by atoms with van der Waals surface area (Å²) < 4.78 is 17.6. The zero-order valence-electron chi connectivity index (χ0n) is 15.9. The molecule has 0 bridgehead atoms. The van der Waals surface area contributed by atoms with Gasteiger partial charge in [-0.3, -0.25) is 4.79 Å². The van der Waals surface area contributed by atoms with Crippen molar-refractivity contribution in [3.8, 4) is 17.2 Å². The lowest BCUT2D eigenvalue weighted by atomic mass is 9.84. The van der Waals surface area contributed by atoms with Crippen molar-refractivity contribution in [2.45, 2.75) is 18.9 Å². The second kappa shape index (κ2) is 7.51. The van der Waals surface area contributed by atoms with Gasteiger partial charge < -0.3 is 19.5 Å². The largest absolute Gasteiger partial charge is 0.489 e. The highest BCUT2D eigenvalue weighted by Crippen LogP contribution is 2.45. The van der Waals surface area contributed by atoms with Crippen LogP contribution in [-0.2, 0) is 11.4 Å². The maximum Gasteiger partial charge on any atom is 0.225 e. The normalized spacial score (nSPS) is 17.2. The maximum atomic E-state index is 12.4. The Balaban J connectivity index is 1.51. The molecule has 2 aliphatic rings. The van der Waals surface area contributed by atoms with Crippen molar-refractivity contribution in [2.75, 3.05) is 18.5 Å². The Morgan fingerprint density at radius 3 is 2.45 bits per heavy atom. The highest BCUT2D eigenvalue weighted by atomic mass is 16.6. The standard InChI is InChI=1S/C24H21NO4/c26-24-13-18(19-12-22-23(14-20(19)25-24)28-11-10-27-22)17-8-4-5-9-21(17)29-15-16-6-2-1-3-7-16/h1-9,12,14,18H,10-11,13,15H2,(H,25,26)/t18-/m1/s1. The van der Waals surface area contributed by atoms with Crippen molar-refractivity contribution < 1.29 is 19.0 Å². The van der Waals surface area contributed by atoms with Crippen LogP contribution in [0.1, 0.15) is 29.0 Å². The van der Waals surface area contributed by atoms with Crippen molar-refractivity contribution >= 4 is 11.6 Å². The second-order valence-corrected chi connectivity index (χ2v) is 7.20. The number of rotatable bonds is 4. The summed E-state index contributed by atoms with van der Waals surface area (Å²) in [4.78, 5) is 12.4. The summed E-state index contributed by atoms with van der Waals surface area (Å²) >= 11 is 0. The van der Waals surface area contributed by atoms with Gasteiger partial charge in [-0.25, -0.2) is 0 Å². The second-order valence-electron chi connectivity index (χ2n) is 7.20. The van der Waals surface area contributed by atoms with Crippen LogP contribution in [0.25, 0.3) is 0 Å². The smallest absolute Gasteiger partial charge is 0.225 e. The zero-order chi connectivity index (χ0) is 19.6. The van der Waals surface area contributed by atoms with Gasteiger partial charge in [0.2, 0.25) is 5.91 Å². The molecule has 0 fully saturated rings. The highest BCUT2D eigenvalue weighted by Gasteiger charge is 2.31. The topological polar surface area (TPSA) is 56.8 Å². The van der Waals surface area contributed by atoms with Crippen LogP contribution < -0.4 is 19.5 Å². The van der Waals surface area contributed by atoms with E-state index < -0.39 is 0 Å². The minimum absolute atomic E-state index is 0.0166. The Labute approximate surface area is 169 Å². The summed E-state index contributed by atoms with van der Waals surface area (Å²) in [5, 5.41) is 2.97. The Bertz CT molecular complexity index is 1050. The molecule has 0 radical (unpaired) electrons. The van der Waals surface area contributed by atoms with Crippen molar-refractivity contribution in [1.82, 2.24) is 0 Å². The molecule has 29 heavy (non-hydrogen) atoms. The number of amides is 1. The number of ether oxygens (including phenoxy) is 3. The summed E-state index contributed by atoms with van der Waals surface area (Å²) in [5.41, 5.74) is 3.89. The predicted octanol–water partition coefficient (Wildman–Crippen LogP) is 4.51. The zero-order valence-corrected chi connectivity index (χ0v) is 15.9. The predicted molar refractivity (Wildman–Crippen MR) is 110 cm³/mol. The number of hydrogen-bond acceptors (Lipinski definition) is 4. The minimum atomic E-state index is -0.110. The van der Waals surface area contributed by atoms with Gasteiger partial charge in [0.15, 0.2) is 11.5 Å². The van der Waals surface area contributed by atoms with Crippen LogP contribution in [0.15, 0.2) is 66.7 Å². The number of nitrogens with one attached hydrogen (secondary N) is 1. The summed E-state index contributed by atoms with van der Waals surface area (Å²) in [6.07, 6.45) is 0.359. The van der Waals surface area contributed by atoms with E-state index in [0.717, 1.165) is 33.9 Å². The molecule has 5 rings (SSSR count). The van der Waals surface area contributed by atoms with Gasteiger partial charge in [0.25, 0.3) is 0 Å². The Morgan fingerprint density at radius 2 is 1.62 bits per heavy atom. The minimum Gasteiger partial charge on any atom is -0.489 e. The number of para-hydroxylation sites is 1. The highest BCUT2D eigenvalue weighted by molar-refractivity contribution is 5.96. The molecule has 0 spiro atoms. The molecule has 0 aliphatic carbocycles. The first-order chi connectivity index (χ1) is 14.3. The Morgan fingerprint density at radius 1 is 0.897 bits per heavy atom. The summed E-state index contributed by atoms with van der Waals surface area (Å²) in [5.74, 6) is 2.05. The van der Waals surface area contributed by atoms with Gasteiger partial charge in [-0.1, -0.05) is 48.5 Å². The monoisotopic (exact) mass is 387 g/mol.